The Morgan fingerprint density at radius 3 is 1.80 bits per heavy atom. The molecule has 0 aliphatic carbocycles. The van der Waals surface area contributed by atoms with Gasteiger partial charge in [-0.05, 0) is 0 Å². The minimum absolute atomic E-state index is 0.766. The molecule has 0 saturated carbocycles. The van der Waals surface area contributed by atoms with Gasteiger partial charge in [-0.3, -0.25) is 0 Å². The zero-order chi connectivity index (χ0) is 7.82. The lowest BCUT2D eigenvalue weighted by Gasteiger charge is -2.19. The first-order valence-corrected chi connectivity index (χ1v) is 3.45. The summed E-state index contributed by atoms with van der Waals surface area (Å²) < 4.78 is 9.78. The third-order valence-corrected chi connectivity index (χ3v) is 1.32. The molecule has 3 nitrogen and oxygen atoms in total. The van der Waals surface area contributed by atoms with Crippen LogP contribution in [0.4, 0.5) is 0 Å². The zero-order valence-electron chi connectivity index (χ0n) is 6.85. The van der Waals surface area contributed by atoms with Gasteiger partial charge in [-0.25, -0.2) is 0 Å². The molecule has 1 N–H and O–H groups in total. The molecular weight excluding hydrogens is 130 g/mol. The van der Waals surface area contributed by atoms with Crippen molar-refractivity contribution in [3.63, 3.8) is 0 Å². The van der Waals surface area contributed by atoms with Gasteiger partial charge >= 0.3 is 0 Å². The first-order valence-electron chi connectivity index (χ1n) is 3.45. The Bertz CT molecular complexity index is 60.6. The van der Waals surface area contributed by atoms with E-state index in [1.807, 2.05) is 0 Å². The van der Waals surface area contributed by atoms with Crippen molar-refractivity contribution in [1.82, 2.24) is 0 Å². The summed E-state index contributed by atoms with van der Waals surface area (Å²) >= 11 is 0. The molecule has 0 aliphatic rings. The Morgan fingerprint density at radius 1 is 1.10 bits per heavy atom. The van der Waals surface area contributed by atoms with Gasteiger partial charge in [-0.1, -0.05) is 0 Å². The van der Waals surface area contributed by atoms with Gasteiger partial charge in [0, 0.05) is 14.2 Å². The quantitative estimate of drug-likeness (QED) is 0.485. The number of hydrogen-bond donors (Lipinski definition) is 1. The molecule has 3 heteroatoms. The molecule has 0 aromatic heterocycles. The normalized spacial score (nSPS) is 10.8. The van der Waals surface area contributed by atoms with Gasteiger partial charge in [0.25, 0.3) is 0 Å². The molecule has 0 spiro atoms. The molecule has 0 heterocycles. The highest BCUT2D eigenvalue weighted by Crippen LogP contribution is 1.60. The van der Waals surface area contributed by atoms with E-state index in [2.05, 4.69) is 7.05 Å². The monoisotopic (exact) mass is 147 g/mol. The molecule has 0 aromatic carbocycles. The van der Waals surface area contributed by atoms with Crippen LogP contribution >= 0.6 is 0 Å². The summed E-state index contributed by atoms with van der Waals surface area (Å²) in [7, 11) is 7.27. The van der Waals surface area contributed by atoms with Crippen LogP contribution in [-0.2, 0) is 9.47 Å². The van der Waals surface area contributed by atoms with Crippen molar-refractivity contribution in [2.24, 2.45) is 0 Å². The van der Waals surface area contributed by atoms with Crippen molar-refractivity contribution in [3.8, 4) is 0 Å². The van der Waals surface area contributed by atoms with Gasteiger partial charge in [-0.15, -0.1) is 0 Å². The molecular formula is C7H17NO2. The fourth-order valence-electron chi connectivity index (χ4n) is 0.618. The van der Waals surface area contributed by atoms with Crippen molar-refractivity contribution in [1.29, 1.82) is 0 Å². The van der Waals surface area contributed by atoms with Crippen molar-refractivity contribution >= 4 is 0 Å². The molecule has 0 amide bonds. The molecule has 0 unspecified atom stereocenters. The smallest absolute Gasteiger partial charge is 0.0931 e. The topological polar surface area (TPSA) is 22.9 Å². The fourth-order valence-corrected chi connectivity index (χ4v) is 0.618. The molecule has 0 atom stereocenters. The van der Waals surface area contributed by atoms with Crippen molar-refractivity contribution < 1.29 is 14.4 Å². The van der Waals surface area contributed by atoms with E-state index in [1.54, 1.807) is 14.2 Å². The number of nitrogens with one attached hydrogen (secondary N) is 1. The Balaban J connectivity index is 3.00. The number of ether oxygens (including phenoxy) is 2. The van der Waals surface area contributed by atoms with Crippen LogP contribution in [0.2, 0.25) is 0 Å². The van der Waals surface area contributed by atoms with Crippen LogP contribution in [0.5, 0.6) is 0 Å². The van der Waals surface area contributed by atoms with Crippen molar-refractivity contribution in [3.05, 3.63) is 7.05 Å². The van der Waals surface area contributed by atoms with Gasteiger partial charge in [0.15, 0.2) is 0 Å². The summed E-state index contributed by atoms with van der Waals surface area (Å²) in [4.78, 5) is 1.20. The van der Waals surface area contributed by atoms with Gasteiger partial charge in [-0.2, -0.15) is 7.05 Å². The SMILES string of the molecule is [CH2-][NH+](CCOC)CCOC. The first kappa shape index (κ1) is 9.88. The van der Waals surface area contributed by atoms with E-state index < -0.39 is 0 Å². The Hall–Kier alpha value is -0.120. The Labute approximate surface area is 62.9 Å². The maximum atomic E-state index is 4.89. The van der Waals surface area contributed by atoms with E-state index in [1.165, 1.54) is 4.90 Å². The molecule has 10 heavy (non-hydrogen) atoms. The van der Waals surface area contributed by atoms with E-state index in [4.69, 9.17) is 9.47 Å². The number of hydrogen-bond acceptors (Lipinski definition) is 2. The van der Waals surface area contributed by atoms with E-state index in [9.17, 15) is 0 Å². The van der Waals surface area contributed by atoms with Crippen LogP contribution in [-0.4, -0.2) is 40.5 Å². The second-order valence-corrected chi connectivity index (χ2v) is 2.24. The highest BCUT2D eigenvalue weighted by molar-refractivity contribution is 4.27. The summed E-state index contributed by atoms with van der Waals surface area (Å²) in [6.45, 7) is 3.42. The Kier molecular flexibility index (Phi) is 6.91. The summed E-state index contributed by atoms with van der Waals surface area (Å²) in [5.41, 5.74) is 0. The number of quaternary nitrogens is 1. The average Bonchev–Trinajstić information content (AvgIpc) is 1.97. The second-order valence-electron chi connectivity index (χ2n) is 2.24. The minimum atomic E-state index is 0.766. The number of rotatable bonds is 6. The second kappa shape index (κ2) is 6.99. The van der Waals surface area contributed by atoms with Gasteiger partial charge < -0.3 is 14.4 Å². The predicted octanol–water partition coefficient (Wildman–Crippen LogP) is -1.04. The van der Waals surface area contributed by atoms with Gasteiger partial charge in [0.05, 0.1) is 26.3 Å². The van der Waals surface area contributed by atoms with Gasteiger partial charge in [0.2, 0.25) is 0 Å². The largest absolute Gasteiger partial charge is 0.464 e. The molecule has 0 fully saturated rings. The third kappa shape index (κ3) is 6.01. The summed E-state index contributed by atoms with van der Waals surface area (Å²) in [5.74, 6) is 0. The predicted molar refractivity (Wildman–Crippen MR) is 39.8 cm³/mol. The molecule has 0 radical (unpaired) electrons. The van der Waals surface area contributed by atoms with Crippen molar-refractivity contribution in [2.75, 3.05) is 40.5 Å². The van der Waals surface area contributed by atoms with Gasteiger partial charge in [0.1, 0.15) is 0 Å². The standard InChI is InChI=1S/C7H17NO2/c1-8(4-6-9-2)5-7-10-3/h8H,1,4-7H2,2-3H3. The molecule has 0 aliphatic heterocycles. The maximum absolute atomic E-state index is 4.89. The zero-order valence-corrected chi connectivity index (χ0v) is 6.85. The van der Waals surface area contributed by atoms with Crippen LogP contribution in [0.25, 0.3) is 0 Å². The lowest BCUT2D eigenvalue weighted by molar-refractivity contribution is -0.854. The lowest BCUT2D eigenvalue weighted by atomic mass is 10.5. The van der Waals surface area contributed by atoms with Crippen LogP contribution in [0, 0.1) is 7.05 Å². The summed E-state index contributed by atoms with van der Waals surface area (Å²) in [6, 6.07) is 0. The first-order chi connectivity index (χ1) is 4.81. The fraction of sp³-hybridized carbons (Fsp3) is 0.857. The third-order valence-electron chi connectivity index (χ3n) is 1.32. The van der Waals surface area contributed by atoms with E-state index in [-0.39, 0.29) is 0 Å². The highest BCUT2D eigenvalue weighted by atomic mass is 16.5. The van der Waals surface area contributed by atoms with Crippen LogP contribution in [0.1, 0.15) is 0 Å². The molecule has 0 rings (SSSR count). The summed E-state index contributed by atoms with van der Waals surface area (Å²) in [6.07, 6.45) is 0. The summed E-state index contributed by atoms with van der Waals surface area (Å²) in [5, 5.41) is 0. The Morgan fingerprint density at radius 2 is 1.50 bits per heavy atom. The molecule has 0 aromatic rings. The molecule has 0 bridgehead atoms. The van der Waals surface area contributed by atoms with E-state index >= 15 is 0 Å². The van der Waals surface area contributed by atoms with Crippen LogP contribution in [0.15, 0.2) is 0 Å². The molecule has 0 saturated heterocycles. The molecule has 62 valence electrons. The lowest BCUT2D eigenvalue weighted by Crippen LogP contribution is -3.08. The van der Waals surface area contributed by atoms with Crippen LogP contribution in [0.3, 0.4) is 0 Å². The van der Waals surface area contributed by atoms with E-state index in [0.717, 1.165) is 26.3 Å². The number of methoxy groups -OCH3 is 2. The average molecular weight is 147 g/mol. The maximum Gasteiger partial charge on any atom is 0.0931 e. The minimum Gasteiger partial charge on any atom is -0.464 e. The highest BCUT2D eigenvalue weighted by Gasteiger charge is 1.93. The van der Waals surface area contributed by atoms with Crippen LogP contribution < -0.4 is 4.90 Å². The van der Waals surface area contributed by atoms with E-state index in [0.29, 0.717) is 0 Å². The van der Waals surface area contributed by atoms with Crippen molar-refractivity contribution in [2.45, 2.75) is 0 Å².